The highest BCUT2D eigenvalue weighted by molar-refractivity contribution is 7.17. The van der Waals surface area contributed by atoms with Gasteiger partial charge in [-0.05, 0) is 25.0 Å². The van der Waals surface area contributed by atoms with Crippen molar-refractivity contribution in [1.82, 2.24) is 19.7 Å². The molecule has 3 aromatic rings. The number of furan rings is 1. The molecule has 9 heteroatoms. The maximum absolute atomic E-state index is 13.5. The van der Waals surface area contributed by atoms with Gasteiger partial charge in [-0.2, -0.15) is 0 Å². The van der Waals surface area contributed by atoms with Crippen molar-refractivity contribution in [3.05, 3.63) is 53.6 Å². The molecule has 33 heavy (non-hydrogen) atoms. The molecule has 1 aromatic carbocycles. The summed E-state index contributed by atoms with van der Waals surface area (Å²) in [5.41, 5.74) is 1.49. The number of nitrogens with zero attached hydrogens (tertiary/aromatic N) is 4. The normalized spacial score (nSPS) is 16.3. The van der Waals surface area contributed by atoms with E-state index in [-0.39, 0.29) is 5.91 Å². The Balaban J connectivity index is 1.33. The zero-order chi connectivity index (χ0) is 22.8. The highest BCUT2D eigenvalue weighted by Gasteiger charge is 2.33. The van der Waals surface area contributed by atoms with E-state index in [2.05, 4.69) is 0 Å². The molecule has 0 aliphatic carbocycles. The van der Waals surface area contributed by atoms with Crippen LogP contribution in [-0.2, 0) is 9.59 Å². The minimum atomic E-state index is -0.466. The highest BCUT2D eigenvalue weighted by atomic mass is 32.1. The number of rotatable bonds is 3. The van der Waals surface area contributed by atoms with E-state index in [0.717, 1.165) is 18.4 Å². The summed E-state index contributed by atoms with van der Waals surface area (Å²) in [7, 11) is 0. The number of piperazine rings is 1. The molecule has 4 heterocycles. The van der Waals surface area contributed by atoms with Gasteiger partial charge in [0.05, 0.1) is 12.0 Å². The van der Waals surface area contributed by atoms with E-state index in [1.54, 1.807) is 27.0 Å². The van der Waals surface area contributed by atoms with E-state index < -0.39 is 11.8 Å². The van der Waals surface area contributed by atoms with Gasteiger partial charge in [-0.15, -0.1) is 11.3 Å². The SMILES string of the molecule is O=C(C(=O)N1CCN(C(=O)c2sc(-c3ccco3)nc2-c2ccccc2)CC1)N1CCCC1. The molecule has 2 fully saturated rings. The first-order valence-corrected chi connectivity index (χ1v) is 11.9. The van der Waals surface area contributed by atoms with Gasteiger partial charge in [0.15, 0.2) is 10.8 Å². The monoisotopic (exact) mass is 464 g/mol. The number of likely N-dealkylation sites (tertiary alicyclic amines) is 1. The van der Waals surface area contributed by atoms with Crippen LogP contribution in [0.1, 0.15) is 22.5 Å². The Labute approximate surface area is 195 Å². The van der Waals surface area contributed by atoms with Crippen molar-refractivity contribution in [2.45, 2.75) is 12.8 Å². The second-order valence-corrected chi connectivity index (χ2v) is 9.12. The topological polar surface area (TPSA) is 87.0 Å². The molecule has 5 rings (SSSR count). The van der Waals surface area contributed by atoms with E-state index in [4.69, 9.17) is 9.40 Å². The Morgan fingerprint density at radius 1 is 0.788 bits per heavy atom. The third-order valence-corrected chi connectivity index (χ3v) is 7.09. The Hall–Kier alpha value is -3.46. The smallest absolute Gasteiger partial charge is 0.312 e. The van der Waals surface area contributed by atoms with Crippen molar-refractivity contribution >= 4 is 29.1 Å². The van der Waals surface area contributed by atoms with E-state index in [1.165, 1.54) is 11.3 Å². The molecule has 0 unspecified atom stereocenters. The predicted octanol–water partition coefficient (Wildman–Crippen LogP) is 2.98. The molecule has 0 radical (unpaired) electrons. The van der Waals surface area contributed by atoms with Crippen LogP contribution in [0.4, 0.5) is 0 Å². The lowest BCUT2D eigenvalue weighted by Crippen LogP contribution is -2.54. The van der Waals surface area contributed by atoms with Crippen molar-refractivity contribution in [3.8, 4) is 22.0 Å². The fourth-order valence-corrected chi connectivity index (χ4v) is 5.23. The van der Waals surface area contributed by atoms with Gasteiger partial charge in [0, 0.05) is 44.8 Å². The molecular weight excluding hydrogens is 440 g/mol. The summed E-state index contributed by atoms with van der Waals surface area (Å²) in [4.78, 5) is 48.7. The second-order valence-electron chi connectivity index (χ2n) is 8.12. The molecule has 170 valence electrons. The van der Waals surface area contributed by atoms with Crippen LogP contribution in [0, 0.1) is 0 Å². The van der Waals surface area contributed by atoms with Gasteiger partial charge >= 0.3 is 11.8 Å². The van der Waals surface area contributed by atoms with Crippen molar-refractivity contribution in [2.75, 3.05) is 39.3 Å². The van der Waals surface area contributed by atoms with Crippen LogP contribution < -0.4 is 0 Å². The largest absolute Gasteiger partial charge is 0.462 e. The van der Waals surface area contributed by atoms with Crippen molar-refractivity contribution in [3.63, 3.8) is 0 Å². The highest BCUT2D eigenvalue weighted by Crippen LogP contribution is 2.35. The summed E-state index contributed by atoms with van der Waals surface area (Å²) in [6.45, 7) is 2.73. The molecular formula is C24H24N4O4S. The minimum Gasteiger partial charge on any atom is -0.462 e. The van der Waals surface area contributed by atoms with Crippen LogP contribution >= 0.6 is 11.3 Å². The Bertz CT molecular complexity index is 1140. The Morgan fingerprint density at radius 2 is 1.42 bits per heavy atom. The third-order valence-electron chi connectivity index (χ3n) is 6.03. The predicted molar refractivity (Wildman–Crippen MR) is 124 cm³/mol. The number of aromatic nitrogens is 1. The standard InChI is InChI=1S/C24H24N4O4S/c29-22(27-12-14-28(15-13-27)24(31)23(30)26-10-4-5-11-26)20-19(17-7-2-1-3-8-17)25-21(33-20)18-9-6-16-32-18/h1-3,6-9,16H,4-5,10-15H2. The van der Waals surface area contributed by atoms with Gasteiger partial charge in [0.2, 0.25) is 0 Å². The average Bonchev–Trinajstić information content (AvgIpc) is 3.64. The number of carbonyl (C=O) groups is 3. The first-order chi connectivity index (χ1) is 16.1. The molecule has 2 aliphatic rings. The van der Waals surface area contributed by atoms with Gasteiger partial charge in [-0.25, -0.2) is 4.98 Å². The van der Waals surface area contributed by atoms with Crippen molar-refractivity contribution in [2.24, 2.45) is 0 Å². The fraction of sp³-hybridized carbons (Fsp3) is 0.333. The number of amides is 3. The first kappa shape index (κ1) is 21.4. The summed E-state index contributed by atoms with van der Waals surface area (Å²) >= 11 is 1.31. The summed E-state index contributed by atoms with van der Waals surface area (Å²) < 4.78 is 5.50. The van der Waals surface area contributed by atoms with Crippen molar-refractivity contribution < 1.29 is 18.8 Å². The molecule has 0 atom stereocenters. The summed E-state index contributed by atoms with van der Waals surface area (Å²) in [5.74, 6) is -0.398. The lowest BCUT2D eigenvalue weighted by Gasteiger charge is -2.34. The molecule has 2 aliphatic heterocycles. The number of benzene rings is 1. The average molecular weight is 465 g/mol. The second kappa shape index (κ2) is 9.19. The van der Waals surface area contributed by atoms with Crippen LogP contribution in [0.15, 0.2) is 53.1 Å². The Kier molecular flexibility index (Phi) is 5.95. The van der Waals surface area contributed by atoms with Crippen LogP contribution in [0.3, 0.4) is 0 Å². The third kappa shape index (κ3) is 4.28. The molecule has 8 nitrogen and oxygen atoms in total. The quantitative estimate of drug-likeness (QED) is 0.556. The molecule has 0 bridgehead atoms. The molecule has 2 saturated heterocycles. The van der Waals surface area contributed by atoms with Crippen LogP contribution in [0.5, 0.6) is 0 Å². The van der Waals surface area contributed by atoms with Gasteiger partial charge in [-0.3, -0.25) is 14.4 Å². The molecule has 3 amide bonds. The van der Waals surface area contributed by atoms with Crippen molar-refractivity contribution in [1.29, 1.82) is 0 Å². The number of carbonyl (C=O) groups excluding carboxylic acids is 3. The van der Waals surface area contributed by atoms with Gasteiger partial charge in [-0.1, -0.05) is 30.3 Å². The summed E-state index contributed by atoms with van der Waals surface area (Å²) in [6, 6.07) is 13.2. The molecule has 0 spiro atoms. The fourth-order valence-electron chi connectivity index (χ4n) is 4.21. The zero-order valence-corrected chi connectivity index (χ0v) is 18.9. The maximum atomic E-state index is 13.5. The van der Waals surface area contributed by atoms with Crippen LogP contribution in [0.25, 0.3) is 22.0 Å². The molecule has 2 aromatic heterocycles. The van der Waals surface area contributed by atoms with E-state index in [9.17, 15) is 14.4 Å². The number of thiazole rings is 1. The first-order valence-electron chi connectivity index (χ1n) is 11.1. The van der Waals surface area contributed by atoms with Crippen LogP contribution in [-0.4, -0.2) is 76.7 Å². The Morgan fingerprint density at radius 3 is 2.06 bits per heavy atom. The maximum Gasteiger partial charge on any atom is 0.312 e. The van der Waals surface area contributed by atoms with E-state index in [0.29, 0.717) is 60.6 Å². The number of hydrogen-bond donors (Lipinski definition) is 0. The summed E-state index contributed by atoms with van der Waals surface area (Å²) in [6.07, 6.45) is 3.47. The lowest BCUT2D eigenvalue weighted by atomic mass is 10.1. The van der Waals surface area contributed by atoms with Crippen LogP contribution in [0.2, 0.25) is 0 Å². The molecule has 0 N–H and O–H groups in total. The minimum absolute atomic E-state index is 0.123. The van der Waals surface area contributed by atoms with Gasteiger partial charge < -0.3 is 19.1 Å². The molecule has 0 saturated carbocycles. The van der Waals surface area contributed by atoms with Gasteiger partial charge in [0.1, 0.15) is 4.88 Å². The zero-order valence-electron chi connectivity index (χ0n) is 18.1. The lowest BCUT2D eigenvalue weighted by molar-refractivity contribution is -0.152. The van der Waals surface area contributed by atoms with E-state index >= 15 is 0 Å². The summed E-state index contributed by atoms with van der Waals surface area (Å²) in [5, 5.41) is 0.646. The number of hydrogen-bond acceptors (Lipinski definition) is 6. The van der Waals surface area contributed by atoms with E-state index in [1.807, 2.05) is 36.4 Å². The van der Waals surface area contributed by atoms with Gasteiger partial charge in [0.25, 0.3) is 5.91 Å².